The number of aldehydes is 1. The highest BCUT2D eigenvalue weighted by Gasteiger charge is 2.35. The third-order valence-electron chi connectivity index (χ3n) is 11.2. The summed E-state index contributed by atoms with van der Waals surface area (Å²) in [5.74, 6) is -0.655. The summed E-state index contributed by atoms with van der Waals surface area (Å²) in [4.78, 5) is 38.3. The number of nitrogens with one attached hydrogen (secondary N) is 1. The minimum Gasteiger partial charge on any atom is -0.466 e. The van der Waals surface area contributed by atoms with E-state index in [2.05, 4.69) is 67.8 Å². The lowest BCUT2D eigenvalue weighted by Crippen LogP contribution is -2.43. The van der Waals surface area contributed by atoms with Gasteiger partial charge in [-0.15, -0.1) is 0 Å². The largest absolute Gasteiger partial charge is 0.466 e. The Hall–Kier alpha value is -2.67. The molecule has 0 saturated carbocycles. The highest BCUT2D eigenvalue weighted by molar-refractivity contribution is 5.80. The first-order valence-corrected chi connectivity index (χ1v) is 25.9. The lowest BCUT2D eigenvalue weighted by molar-refractivity contribution is -0.144. The molecular weight excluding hydrogens is 821 g/mol. The van der Waals surface area contributed by atoms with E-state index in [-0.39, 0.29) is 37.5 Å². The van der Waals surface area contributed by atoms with Crippen LogP contribution in [0, 0.1) is 0 Å². The predicted octanol–water partition coefficient (Wildman–Crippen LogP) is 11.6. The molecule has 65 heavy (non-hydrogen) atoms. The van der Waals surface area contributed by atoms with Crippen LogP contribution in [0.1, 0.15) is 181 Å². The summed E-state index contributed by atoms with van der Waals surface area (Å²) in [6.07, 6.45) is 48.3. The van der Waals surface area contributed by atoms with E-state index in [0.717, 1.165) is 51.4 Å². The van der Waals surface area contributed by atoms with Crippen LogP contribution in [-0.4, -0.2) is 122 Å². The smallest absolute Gasteiger partial charge is 0.307 e. The first-order chi connectivity index (χ1) is 31.9. The van der Waals surface area contributed by atoms with Crippen molar-refractivity contribution in [2.45, 2.75) is 199 Å². The van der Waals surface area contributed by atoms with Crippen LogP contribution in [0.15, 0.2) is 48.6 Å². The maximum Gasteiger partial charge on any atom is 0.307 e. The van der Waals surface area contributed by atoms with Gasteiger partial charge in [0.2, 0.25) is 5.91 Å². The first kappa shape index (κ1) is 62.3. The van der Waals surface area contributed by atoms with Crippen LogP contribution in [0.3, 0.4) is 0 Å². The average molecular weight is 919 g/mol. The monoisotopic (exact) mass is 919 g/mol. The maximum absolute atomic E-state index is 12.8. The molecule has 11 heteroatoms. The molecule has 1 aliphatic rings. The number of methoxy groups -OCH3 is 3. The van der Waals surface area contributed by atoms with Crippen LogP contribution >= 0.6 is 0 Å². The van der Waals surface area contributed by atoms with Crippen molar-refractivity contribution >= 4 is 18.2 Å². The fourth-order valence-electron chi connectivity index (χ4n) is 7.39. The number of allylic oxidation sites excluding steroid dienone is 8. The molecule has 1 N–H and O–H groups in total. The van der Waals surface area contributed by atoms with Crippen LogP contribution in [0.5, 0.6) is 0 Å². The molecule has 378 valence electrons. The Morgan fingerprint density at radius 1 is 0.538 bits per heavy atom. The second-order valence-electron chi connectivity index (χ2n) is 17.3. The van der Waals surface area contributed by atoms with Gasteiger partial charge in [-0.25, -0.2) is 0 Å². The van der Waals surface area contributed by atoms with Crippen molar-refractivity contribution in [2.75, 3.05) is 80.6 Å². The van der Waals surface area contributed by atoms with E-state index < -0.39 is 12.0 Å². The van der Waals surface area contributed by atoms with Gasteiger partial charge in [-0.2, -0.15) is 0 Å². The standard InChI is InChI=1S/C35H62N2O8.C19H36O/c1-4-5-6-7-8-9-10-11-12-13-14-15-16-17-18-19-22-45-35(40)27-31(20-21-38)36-34(39)30-37-28-32(43-25-23-41-2)33(29-37)44-26-24-42-3;1-3-4-5-6-7-8-9-10-11-12-13-14-15-16-17-18-19-20-2/h8-9,11-12,21,31-33H,4-7,10,13-20,22-30H2,1-3H3,(H,36,39);7-8,10-11H,3-6,9,12-19H2,1-2H3/b9-8-,12-11-;8-7-,11-10-/t31?,32-,33+;. The molecule has 1 unspecified atom stereocenters. The molecule has 0 aliphatic carbocycles. The first-order valence-electron chi connectivity index (χ1n) is 25.9. The normalized spacial score (nSPS) is 16.0. The number of hydrogen-bond acceptors (Lipinski definition) is 10. The topological polar surface area (TPSA) is 122 Å². The van der Waals surface area contributed by atoms with Crippen molar-refractivity contribution in [1.29, 1.82) is 0 Å². The number of rotatable bonds is 45. The van der Waals surface area contributed by atoms with Gasteiger partial charge in [-0.1, -0.05) is 140 Å². The van der Waals surface area contributed by atoms with Gasteiger partial charge >= 0.3 is 5.97 Å². The zero-order valence-corrected chi connectivity index (χ0v) is 42.3. The summed E-state index contributed by atoms with van der Waals surface area (Å²) < 4.78 is 32.4. The van der Waals surface area contributed by atoms with Gasteiger partial charge in [0.15, 0.2) is 0 Å². The predicted molar refractivity (Wildman–Crippen MR) is 268 cm³/mol. The van der Waals surface area contributed by atoms with Crippen molar-refractivity contribution in [3.05, 3.63) is 48.6 Å². The van der Waals surface area contributed by atoms with Gasteiger partial charge in [-0.3, -0.25) is 14.5 Å². The molecule has 1 rings (SSSR count). The summed E-state index contributed by atoms with van der Waals surface area (Å²) in [5.41, 5.74) is 0. The van der Waals surface area contributed by atoms with E-state index >= 15 is 0 Å². The number of esters is 1. The van der Waals surface area contributed by atoms with Crippen LogP contribution in [0.25, 0.3) is 0 Å². The summed E-state index contributed by atoms with van der Waals surface area (Å²) in [6, 6.07) is -0.594. The minimum absolute atomic E-state index is 0.0296. The van der Waals surface area contributed by atoms with E-state index in [4.69, 9.17) is 28.4 Å². The summed E-state index contributed by atoms with van der Waals surface area (Å²) in [7, 11) is 5.02. The summed E-state index contributed by atoms with van der Waals surface area (Å²) in [5, 5.41) is 2.83. The second kappa shape index (κ2) is 50.7. The fraction of sp³-hybridized carbons (Fsp3) is 0.796. The van der Waals surface area contributed by atoms with E-state index in [0.29, 0.717) is 46.1 Å². The number of unbranched alkanes of at least 4 members (excludes halogenated alkanes) is 18. The van der Waals surface area contributed by atoms with E-state index in [9.17, 15) is 14.4 Å². The third-order valence-corrected chi connectivity index (χ3v) is 11.2. The van der Waals surface area contributed by atoms with Crippen molar-refractivity contribution in [3.8, 4) is 0 Å². The van der Waals surface area contributed by atoms with E-state index in [1.807, 2.05) is 4.90 Å². The van der Waals surface area contributed by atoms with Gasteiger partial charge in [0.05, 0.1) is 58.2 Å². The third kappa shape index (κ3) is 43.6. The Kier molecular flexibility index (Phi) is 48.7. The SMILES string of the molecule is CCCCC/C=C\C/C=C\CCCCCCCCOC.CCCCC/C=C\C/C=C\CCCCCCCCOC(=O)CC(CC=O)NC(=O)CN1C[C@H](OCCOC)[C@H](OCCOC)C1. The summed E-state index contributed by atoms with van der Waals surface area (Å²) in [6.45, 7) is 8.77. The zero-order valence-electron chi connectivity index (χ0n) is 42.3. The van der Waals surface area contributed by atoms with E-state index in [1.54, 1.807) is 21.3 Å². The zero-order chi connectivity index (χ0) is 47.5. The van der Waals surface area contributed by atoms with Gasteiger partial charge in [0.25, 0.3) is 0 Å². The number of ether oxygens (including phenoxy) is 6. The van der Waals surface area contributed by atoms with Crippen LogP contribution in [0.2, 0.25) is 0 Å². The molecule has 1 heterocycles. The Balaban J connectivity index is 0.00000171. The molecule has 11 nitrogen and oxygen atoms in total. The Morgan fingerprint density at radius 2 is 0.954 bits per heavy atom. The maximum atomic E-state index is 12.8. The van der Waals surface area contributed by atoms with Gasteiger partial charge in [0.1, 0.15) is 6.29 Å². The fourth-order valence-corrected chi connectivity index (χ4v) is 7.39. The molecule has 1 amide bonds. The molecule has 0 aromatic carbocycles. The number of carbonyl (C=O) groups is 3. The van der Waals surface area contributed by atoms with E-state index in [1.165, 1.54) is 116 Å². The molecule has 0 spiro atoms. The van der Waals surface area contributed by atoms with Crippen molar-refractivity contribution in [1.82, 2.24) is 10.2 Å². The number of nitrogens with zero attached hydrogens (tertiary/aromatic N) is 1. The Morgan fingerprint density at radius 3 is 1.38 bits per heavy atom. The molecular formula is C54H98N2O9. The number of carbonyl (C=O) groups excluding carboxylic acids is 3. The van der Waals surface area contributed by atoms with Crippen LogP contribution in [-0.2, 0) is 42.8 Å². The molecule has 1 aliphatic heterocycles. The molecule has 0 radical (unpaired) electrons. The van der Waals surface area contributed by atoms with Crippen molar-refractivity contribution < 1.29 is 42.8 Å². The average Bonchev–Trinajstić information content (AvgIpc) is 3.67. The molecule has 0 bridgehead atoms. The highest BCUT2D eigenvalue weighted by atomic mass is 16.6. The number of likely N-dealkylation sites (tertiary alicyclic amines) is 1. The molecule has 3 atom stereocenters. The van der Waals surface area contributed by atoms with Crippen LogP contribution in [0.4, 0.5) is 0 Å². The summed E-state index contributed by atoms with van der Waals surface area (Å²) >= 11 is 0. The van der Waals surface area contributed by atoms with Gasteiger partial charge < -0.3 is 38.5 Å². The lowest BCUT2D eigenvalue weighted by atomic mass is 10.1. The highest BCUT2D eigenvalue weighted by Crippen LogP contribution is 2.17. The van der Waals surface area contributed by atoms with Crippen molar-refractivity contribution in [2.24, 2.45) is 0 Å². The number of amides is 1. The van der Waals surface area contributed by atoms with Crippen molar-refractivity contribution in [3.63, 3.8) is 0 Å². The Bertz CT molecular complexity index is 1160. The second-order valence-corrected chi connectivity index (χ2v) is 17.3. The molecule has 0 aromatic rings. The number of hydrogen-bond donors (Lipinski definition) is 1. The van der Waals surface area contributed by atoms with Crippen LogP contribution < -0.4 is 5.32 Å². The molecule has 0 aromatic heterocycles. The van der Waals surface area contributed by atoms with Gasteiger partial charge in [-0.05, 0) is 77.0 Å². The molecule has 1 fully saturated rings. The minimum atomic E-state index is -0.594. The lowest BCUT2D eigenvalue weighted by Gasteiger charge is -2.19. The molecule has 1 saturated heterocycles. The Labute approximate surface area is 398 Å². The van der Waals surface area contributed by atoms with Gasteiger partial charge in [0, 0.05) is 53.5 Å². The quantitative estimate of drug-likeness (QED) is 0.0273.